The molecule has 2 saturated heterocycles. The molecule has 2 aliphatic rings. The zero-order valence-electron chi connectivity index (χ0n) is 23.3. The molecule has 4 aromatic rings. The Morgan fingerprint density at radius 2 is 1.93 bits per heavy atom. The maximum absolute atomic E-state index is 9.88. The molecule has 9 heteroatoms. The van der Waals surface area contributed by atoms with E-state index in [2.05, 4.69) is 39.4 Å². The summed E-state index contributed by atoms with van der Waals surface area (Å²) >= 11 is 0. The van der Waals surface area contributed by atoms with Crippen LogP contribution in [0.15, 0.2) is 42.6 Å². The van der Waals surface area contributed by atoms with Crippen molar-refractivity contribution in [3.8, 4) is 23.1 Å². The van der Waals surface area contributed by atoms with Crippen molar-refractivity contribution >= 4 is 16.6 Å². The van der Waals surface area contributed by atoms with Crippen molar-refractivity contribution in [1.29, 1.82) is 5.26 Å². The second-order valence-corrected chi connectivity index (χ2v) is 10.6. The summed E-state index contributed by atoms with van der Waals surface area (Å²) < 4.78 is 20.2. The van der Waals surface area contributed by atoms with Crippen LogP contribution in [0.1, 0.15) is 60.9 Å². The van der Waals surface area contributed by atoms with Crippen LogP contribution in [0.2, 0.25) is 0 Å². The molecule has 2 aromatic heterocycles. The Kier molecular flexibility index (Phi) is 7.37. The van der Waals surface area contributed by atoms with E-state index < -0.39 is 0 Å². The number of benzene rings is 2. The predicted octanol–water partition coefficient (Wildman–Crippen LogP) is 5.66. The first-order valence-corrected chi connectivity index (χ1v) is 14.0. The zero-order valence-corrected chi connectivity index (χ0v) is 23.3. The molecule has 2 fully saturated rings. The summed E-state index contributed by atoms with van der Waals surface area (Å²) in [5.41, 5.74) is 7.25. The van der Waals surface area contributed by atoms with Gasteiger partial charge in [-0.05, 0) is 82.0 Å². The third-order valence-corrected chi connectivity index (χ3v) is 7.80. The predicted molar refractivity (Wildman–Crippen MR) is 152 cm³/mol. The van der Waals surface area contributed by atoms with Crippen LogP contribution < -0.4 is 9.64 Å². The number of nitrogens with zero attached hydrogens (tertiary/aromatic N) is 6. The van der Waals surface area contributed by atoms with Gasteiger partial charge in [0.15, 0.2) is 6.23 Å². The Hall–Kier alpha value is -4.00. The van der Waals surface area contributed by atoms with Crippen LogP contribution in [0.3, 0.4) is 0 Å². The minimum Gasteiger partial charge on any atom is -0.486 e. The molecule has 9 nitrogen and oxygen atoms in total. The molecule has 40 heavy (non-hydrogen) atoms. The molecular weight excluding hydrogens is 504 g/mol. The highest BCUT2D eigenvalue weighted by molar-refractivity contribution is 5.95. The second kappa shape index (κ2) is 11.2. The number of morpholine rings is 1. The molecule has 0 bridgehead atoms. The summed E-state index contributed by atoms with van der Waals surface area (Å²) in [5.74, 6) is 0.741. The molecule has 2 aliphatic heterocycles. The molecule has 2 atom stereocenters. The summed E-state index contributed by atoms with van der Waals surface area (Å²) in [5, 5.41) is 24.2. The first-order chi connectivity index (χ1) is 19.5. The van der Waals surface area contributed by atoms with Crippen LogP contribution >= 0.6 is 0 Å². The number of aryl methyl sites for hydroxylation is 2. The summed E-state index contributed by atoms with van der Waals surface area (Å²) in [6, 6.07) is 14.5. The van der Waals surface area contributed by atoms with Crippen molar-refractivity contribution in [3.63, 3.8) is 0 Å². The van der Waals surface area contributed by atoms with Crippen LogP contribution in [0.5, 0.6) is 5.75 Å². The molecule has 0 N–H and O–H groups in total. The third-order valence-electron chi connectivity index (χ3n) is 7.80. The zero-order chi connectivity index (χ0) is 27.6. The van der Waals surface area contributed by atoms with E-state index in [1.54, 1.807) is 6.20 Å². The normalized spacial score (nSPS) is 18.4. The van der Waals surface area contributed by atoms with Gasteiger partial charge < -0.3 is 19.1 Å². The lowest BCUT2D eigenvalue weighted by Gasteiger charge is -2.29. The quantitative estimate of drug-likeness (QED) is 0.310. The first kappa shape index (κ1) is 26.2. The number of fused-ring (bicyclic) bond motifs is 1. The summed E-state index contributed by atoms with van der Waals surface area (Å²) in [4.78, 5) is 2.26. The Bertz CT molecular complexity index is 1540. The van der Waals surface area contributed by atoms with Crippen LogP contribution in [0, 0.1) is 25.2 Å². The van der Waals surface area contributed by atoms with E-state index in [1.165, 1.54) is 0 Å². The van der Waals surface area contributed by atoms with Crippen LogP contribution in [0.4, 0.5) is 5.69 Å². The van der Waals surface area contributed by atoms with Gasteiger partial charge in [-0.3, -0.25) is 0 Å². The van der Waals surface area contributed by atoms with Crippen molar-refractivity contribution in [3.05, 3.63) is 65.0 Å². The third kappa shape index (κ3) is 5.12. The summed E-state index contributed by atoms with van der Waals surface area (Å²) in [6.45, 7) is 9.67. The number of anilines is 1. The van der Waals surface area contributed by atoms with Gasteiger partial charge in [-0.1, -0.05) is 0 Å². The van der Waals surface area contributed by atoms with E-state index in [1.807, 2.05) is 43.7 Å². The maximum atomic E-state index is 9.88. The molecule has 0 radical (unpaired) electrons. The lowest BCUT2D eigenvalue weighted by molar-refractivity contribution is -0.0365. The molecular formula is C31H34N6O3. The smallest absolute Gasteiger partial charge is 0.150 e. The molecule has 0 spiro atoms. The summed E-state index contributed by atoms with van der Waals surface area (Å²) in [6.07, 6.45) is 4.52. The van der Waals surface area contributed by atoms with Gasteiger partial charge in [0, 0.05) is 41.9 Å². The number of hydrogen-bond acceptors (Lipinski definition) is 8. The van der Waals surface area contributed by atoms with Gasteiger partial charge in [-0.15, -0.1) is 0 Å². The minimum atomic E-state index is -0.206. The average Bonchev–Trinajstić information content (AvgIpc) is 3.36. The number of aromatic nitrogens is 4. The lowest BCUT2D eigenvalue weighted by Crippen LogP contribution is -2.36. The number of nitriles is 1. The number of hydrogen-bond donors (Lipinski definition) is 0. The van der Waals surface area contributed by atoms with Gasteiger partial charge in [-0.25, -0.2) is 4.68 Å². The highest BCUT2D eigenvalue weighted by Gasteiger charge is 2.24. The van der Waals surface area contributed by atoms with Crippen molar-refractivity contribution < 1.29 is 14.2 Å². The largest absolute Gasteiger partial charge is 0.486 e. The van der Waals surface area contributed by atoms with Crippen molar-refractivity contribution in [1.82, 2.24) is 20.0 Å². The Morgan fingerprint density at radius 3 is 2.67 bits per heavy atom. The molecule has 6 rings (SSSR count). The van der Waals surface area contributed by atoms with Gasteiger partial charge in [-0.2, -0.15) is 20.6 Å². The van der Waals surface area contributed by atoms with Crippen LogP contribution in [-0.2, 0) is 9.47 Å². The van der Waals surface area contributed by atoms with E-state index >= 15 is 0 Å². The molecule has 1 unspecified atom stereocenters. The van der Waals surface area contributed by atoms with Gasteiger partial charge in [0.05, 0.1) is 42.3 Å². The van der Waals surface area contributed by atoms with E-state index in [4.69, 9.17) is 19.3 Å². The minimum absolute atomic E-state index is 0.123. The molecule has 2 aromatic carbocycles. The highest BCUT2D eigenvalue weighted by Crippen LogP contribution is 2.37. The molecule has 4 heterocycles. The fraction of sp³-hybridized carbons (Fsp3) is 0.419. The molecule has 206 valence electrons. The molecule has 0 aliphatic carbocycles. The highest BCUT2D eigenvalue weighted by atomic mass is 16.5. The monoisotopic (exact) mass is 538 g/mol. The number of rotatable bonds is 6. The molecule has 0 saturated carbocycles. The Morgan fingerprint density at radius 1 is 1.07 bits per heavy atom. The van der Waals surface area contributed by atoms with Crippen molar-refractivity contribution in [2.24, 2.45) is 0 Å². The lowest BCUT2D eigenvalue weighted by atomic mass is 10.0. The number of ether oxygens (including phenoxy) is 3. The van der Waals surface area contributed by atoms with E-state index in [0.29, 0.717) is 18.8 Å². The fourth-order valence-corrected chi connectivity index (χ4v) is 5.85. The van der Waals surface area contributed by atoms with Crippen molar-refractivity contribution in [2.75, 3.05) is 37.8 Å². The van der Waals surface area contributed by atoms with Gasteiger partial charge >= 0.3 is 0 Å². The van der Waals surface area contributed by atoms with Crippen LogP contribution in [-0.4, -0.2) is 52.9 Å². The standard InChI is InChI=1S/C31H34N6O3/c1-20-19-33-34-21(2)30(20)22(3)40-26-7-8-28-27(17-26)31(35-37(28)29-6-4-5-11-39-29)24-14-23(18-32)15-25(16-24)36-9-12-38-13-10-36/h7-8,14-17,19,22,29H,4-6,9-13H2,1-3H3/t22-,29?/m1/s1. The average molecular weight is 539 g/mol. The van der Waals surface area contributed by atoms with E-state index in [0.717, 1.165) is 89.4 Å². The van der Waals surface area contributed by atoms with Crippen molar-refractivity contribution in [2.45, 2.75) is 52.4 Å². The maximum Gasteiger partial charge on any atom is 0.150 e. The van der Waals surface area contributed by atoms with Gasteiger partial charge in [0.25, 0.3) is 0 Å². The Balaban J connectivity index is 1.45. The van der Waals surface area contributed by atoms with Crippen LogP contribution in [0.25, 0.3) is 22.2 Å². The topological polar surface area (TPSA) is 98.3 Å². The second-order valence-electron chi connectivity index (χ2n) is 10.6. The fourth-order valence-electron chi connectivity index (χ4n) is 5.85. The SMILES string of the molecule is Cc1cnnc(C)c1[C@@H](C)Oc1ccc2c(c1)c(-c1cc(C#N)cc(N3CCOCC3)c1)nn2C1CCCCO1. The first-order valence-electron chi connectivity index (χ1n) is 14.0. The van der Waals surface area contributed by atoms with Gasteiger partial charge in [0.1, 0.15) is 17.5 Å². The van der Waals surface area contributed by atoms with E-state index in [9.17, 15) is 5.26 Å². The molecule has 0 amide bonds. The van der Waals surface area contributed by atoms with E-state index in [-0.39, 0.29) is 12.3 Å². The Labute approximate surface area is 234 Å². The van der Waals surface area contributed by atoms with Gasteiger partial charge in [0.2, 0.25) is 0 Å². The summed E-state index contributed by atoms with van der Waals surface area (Å²) in [7, 11) is 0.